The third-order valence-electron chi connectivity index (χ3n) is 16.2. The van der Waals surface area contributed by atoms with Crippen LogP contribution in [0.25, 0.3) is 33.0 Å². The Morgan fingerprint density at radius 1 is 0.356 bits per heavy atom. The van der Waals surface area contributed by atoms with Crippen LogP contribution in [0.1, 0.15) is 118 Å². The normalized spacial score (nSPS) is 13.9. The number of carbonyl (C=O) groups is 8. The van der Waals surface area contributed by atoms with E-state index in [0.29, 0.717) is 22.3 Å². The summed E-state index contributed by atoms with van der Waals surface area (Å²) in [6.45, 7) is -1.36. The van der Waals surface area contributed by atoms with Gasteiger partial charge in [0.2, 0.25) is 10.8 Å². The maximum atomic E-state index is 15.9. The second-order valence-electron chi connectivity index (χ2n) is 21.2. The van der Waals surface area contributed by atoms with Gasteiger partial charge >= 0.3 is 23.9 Å². The number of hydrogen-bond donors (Lipinski definition) is 0. The van der Waals surface area contributed by atoms with Gasteiger partial charge in [-0.05, 0) is 105 Å². The van der Waals surface area contributed by atoms with Crippen LogP contribution in [-0.4, -0.2) is 47.0 Å². The van der Waals surface area contributed by atoms with Crippen LogP contribution in [-0.2, 0) is 75.4 Å². The number of allylic oxidation sites excluding steroid dienone is 2. The molecule has 9 aromatic rings. The van der Waals surface area contributed by atoms with Gasteiger partial charge in [0.15, 0.2) is 23.1 Å². The van der Waals surface area contributed by atoms with Crippen LogP contribution >= 0.6 is 22.7 Å². The zero-order valence-electron chi connectivity index (χ0n) is 46.7. The predicted octanol–water partition coefficient (Wildman–Crippen LogP) is 11.7. The molecule has 4 aliphatic rings. The molecule has 0 saturated heterocycles. The minimum Gasteiger partial charge on any atom is -0.459 e. The van der Waals surface area contributed by atoms with Gasteiger partial charge in [-0.1, -0.05) is 121 Å². The van der Waals surface area contributed by atoms with Gasteiger partial charge in [-0.25, -0.2) is 0 Å². The number of nitrogens with zero attached hydrogens (tertiary/aromatic N) is 4. The van der Waals surface area contributed by atoms with Crippen molar-refractivity contribution in [2.45, 2.75) is 37.3 Å². The average molecular weight is 1220 g/mol. The number of esters is 4. The van der Waals surface area contributed by atoms with E-state index in [2.05, 4.69) is 0 Å². The molecule has 0 atom stereocenters. The Balaban J connectivity index is 1.05. The van der Waals surface area contributed by atoms with Crippen molar-refractivity contribution in [3.63, 3.8) is 0 Å². The fourth-order valence-electron chi connectivity index (χ4n) is 11.8. The third kappa shape index (κ3) is 9.15. The Morgan fingerprint density at radius 2 is 0.611 bits per heavy atom. The summed E-state index contributed by atoms with van der Waals surface area (Å²) in [6.07, 6.45) is 2.58. The SMILES string of the molecule is N#Cc1cc2c(cc1C#N)C(=O)C(=Cc1cc3c(s1)-c1cc4c(cc1C3(C(=O)OCc1ccccc1)C(=O)OCc1ccccc1)-c1sc(C=C3C(=O)c5cc(C#N)c(C#N)cc5C3=O)cc1C4(C(=O)OCc1ccccc1)C(=O)OCc1ccccc1)C2=O. The molecule has 2 aromatic heterocycles. The number of hydrogen-bond acceptors (Lipinski definition) is 18. The Morgan fingerprint density at radius 3 is 0.856 bits per heavy atom. The molecule has 18 heteroatoms. The van der Waals surface area contributed by atoms with Crippen molar-refractivity contribution >= 4 is 81.8 Å². The molecule has 0 N–H and O–H groups in total. The standard InChI is InChI=1S/C72H38N4O12S2/c73-31-43-21-49-50(22-44(43)32-74)62(78)55(61(49)77)25-47-27-59-65(89-47)53-30-58-54(29-57(53)71(59,67(81)85-35-39-13-5-1-6-14-39)68(82)86-36-40-15-7-2-8-16-40)66-60(28-48(90-66)26-56-63(79)51-23-45(33-75)46(34-76)24-52(51)64(56)80)72(58,69(83)87-37-41-17-9-3-10-18-41)70(84)88-38-42-19-11-4-12-20-42/h1-30H,35-38H2. The smallest absolute Gasteiger partial charge is 0.333 e. The van der Waals surface area contributed by atoms with Gasteiger partial charge in [0.25, 0.3) is 0 Å². The zero-order chi connectivity index (χ0) is 62.6. The van der Waals surface area contributed by atoms with Crippen molar-refractivity contribution in [3.05, 3.63) is 280 Å². The minimum absolute atomic E-state index is 0.0132. The van der Waals surface area contributed by atoms with Crippen LogP contribution in [0.2, 0.25) is 0 Å². The Kier molecular flexibility index (Phi) is 14.4. The van der Waals surface area contributed by atoms with E-state index in [4.69, 9.17) is 18.9 Å². The average Bonchev–Trinajstić information content (AvgIpc) is 1.51. The maximum Gasteiger partial charge on any atom is 0.333 e. The van der Waals surface area contributed by atoms with Gasteiger partial charge in [-0.2, -0.15) is 21.0 Å². The third-order valence-corrected chi connectivity index (χ3v) is 18.4. The summed E-state index contributed by atoms with van der Waals surface area (Å²) in [6, 6.07) is 52.9. The van der Waals surface area contributed by atoms with Crippen LogP contribution in [0.4, 0.5) is 0 Å². The predicted molar refractivity (Wildman–Crippen MR) is 325 cm³/mol. The van der Waals surface area contributed by atoms with E-state index in [1.54, 1.807) is 121 Å². The van der Waals surface area contributed by atoms with Crippen molar-refractivity contribution in [2.75, 3.05) is 0 Å². The number of Topliss-reactive ketones (excluding diaryl/α,β-unsaturated/α-hetero) is 4. The molecule has 0 unspecified atom stereocenters. The summed E-state index contributed by atoms with van der Waals surface area (Å²) < 4.78 is 24.8. The lowest BCUT2D eigenvalue weighted by Crippen LogP contribution is -2.46. The summed E-state index contributed by atoms with van der Waals surface area (Å²) in [5.74, 6) is -7.45. The molecular formula is C72H38N4O12S2. The van der Waals surface area contributed by atoms with Gasteiger partial charge in [0, 0.05) is 52.9 Å². The molecule has 0 aliphatic heterocycles. The van der Waals surface area contributed by atoms with Gasteiger partial charge in [0.05, 0.1) is 33.4 Å². The van der Waals surface area contributed by atoms with E-state index in [9.17, 15) is 40.2 Å². The van der Waals surface area contributed by atoms with Crippen molar-refractivity contribution in [1.29, 1.82) is 21.0 Å². The fourth-order valence-corrected chi connectivity index (χ4v) is 14.2. The minimum atomic E-state index is -2.55. The second kappa shape index (κ2) is 22.7. The molecule has 0 amide bonds. The lowest BCUT2D eigenvalue weighted by molar-refractivity contribution is -0.166. The van der Waals surface area contributed by atoms with E-state index in [0.717, 1.165) is 22.7 Å². The van der Waals surface area contributed by atoms with Crippen molar-refractivity contribution in [2.24, 2.45) is 0 Å². The second-order valence-corrected chi connectivity index (χ2v) is 23.4. The quantitative estimate of drug-likeness (QED) is 0.0322. The number of thiophene rings is 2. The summed E-state index contributed by atoms with van der Waals surface area (Å²) in [4.78, 5) is 121. The summed E-state index contributed by atoms with van der Waals surface area (Å²) in [5, 5.41) is 39.3. The van der Waals surface area contributed by atoms with E-state index < -0.39 is 57.8 Å². The highest BCUT2D eigenvalue weighted by Crippen LogP contribution is 2.61. The van der Waals surface area contributed by atoms with Crippen molar-refractivity contribution in [1.82, 2.24) is 0 Å². The molecule has 430 valence electrons. The molecular weight excluding hydrogens is 1180 g/mol. The molecule has 16 nitrogen and oxygen atoms in total. The number of ether oxygens (including phenoxy) is 4. The molecule has 2 heterocycles. The van der Waals surface area contributed by atoms with Crippen molar-refractivity contribution in [3.8, 4) is 45.2 Å². The Hall–Kier alpha value is -12.1. The number of ketones is 4. The lowest BCUT2D eigenvalue weighted by Gasteiger charge is -2.29. The van der Waals surface area contributed by atoms with E-state index in [-0.39, 0.29) is 135 Å². The van der Waals surface area contributed by atoms with Gasteiger partial charge in [-0.3, -0.25) is 38.4 Å². The van der Waals surface area contributed by atoms with Crippen LogP contribution in [0.15, 0.2) is 181 Å². The van der Waals surface area contributed by atoms with Crippen LogP contribution in [0.3, 0.4) is 0 Å². The molecule has 0 saturated carbocycles. The Bertz CT molecular complexity index is 4410. The first kappa shape index (κ1) is 57.0. The first-order valence-corrected chi connectivity index (χ1v) is 29.3. The highest BCUT2D eigenvalue weighted by Gasteiger charge is 2.63. The van der Waals surface area contributed by atoms with Gasteiger partial charge in [-0.15, -0.1) is 22.7 Å². The molecule has 13 rings (SSSR count). The van der Waals surface area contributed by atoms with E-state index >= 15 is 19.2 Å². The molecule has 7 aromatic carbocycles. The van der Waals surface area contributed by atoms with E-state index in [1.807, 2.05) is 24.3 Å². The summed E-state index contributed by atoms with van der Waals surface area (Å²) in [5.41, 5.74) is -4.30. The first-order valence-electron chi connectivity index (χ1n) is 27.6. The van der Waals surface area contributed by atoms with Crippen molar-refractivity contribution < 1.29 is 57.3 Å². The van der Waals surface area contributed by atoms with E-state index in [1.165, 1.54) is 60.7 Å². The molecule has 0 radical (unpaired) electrons. The first-order chi connectivity index (χ1) is 43.7. The number of fused-ring (bicyclic) bond motifs is 8. The molecule has 0 fully saturated rings. The van der Waals surface area contributed by atoms with Gasteiger partial charge in [0.1, 0.15) is 50.7 Å². The van der Waals surface area contributed by atoms with Crippen LogP contribution in [0, 0.1) is 45.3 Å². The molecule has 4 aliphatic carbocycles. The number of benzene rings is 7. The summed E-state index contributed by atoms with van der Waals surface area (Å²) in [7, 11) is 0. The topological polar surface area (TPSA) is 269 Å². The highest BCUT2D eigenvalue weighted by atomic mass is 32.1. The fraction of sp³-hybridized carbons (Fsp3) is 0.0833. The molecule has 0 spiro atoms. The largest absolute Gasteiger partial charge is 0.459 e. The van der Waals surface area contributed by atoms with Crippen LogP contribution in [0.5, 0.6) is 0 Å². The summed E-state index contributed by atoms with van der Waals surface area (Å²) >= 11 is 1.92. The number of carbonyl (C=O) groups excluding carboxylic acids is 8. The maximum absolute atomic E-state index is 15.9. The van der Waals surface area contributed by atoms with Gasteiger partial charge < -0.3 is 18.9 Å². The monoisotopic (exact) mass is 1210 g/mol. The number of rotatable bonds is 14. The van der Waals surface area contributed by atoms with Crippen LogP contribution < -0.4 is 0 Å². The lowest BCUT2D eigenvalue weighted by atomic mass is 9.75. The number of nitriles is 4. The molecule has 0 bridgehead atoms. The highest BCUT2D eigenvalue weighted by molar-refractivity contribution is 7.17. The molecule has 90 heavy (non-hydrogen) atoms. The zero-order valence-corrected chi connectivity index (χ0v) is 48.3. The Labute approximate surface area is 519 Å².